The van der Waals surface area contributed by atoms with Crippen molar-refractivity contribution in [2.45, 2.75) is 13.5 Å². The van der Waals surface area contributed by atoms with E-state index in [4.69, 9.17) is 11.6 Å². The summed E-state index contributed by atoms with van der Waals surface area (Å²) in [4.78, 5) is 30.6. The lowest BCUT2D eigenvalue weighted by Gasteiger charge is -2.21. The molecule has 8 heteroatoms. The van der Waals surface area contributed by atoms with Crippen LogP contribution < -0.4 is 4.90 Å². The first-order valence-electron chi connectivity index (χ1n) is 9.10. The van der Waals surface area contributed by atoms with Crippen molar-refractivity contribution in [3.05, 3.63) is 98.6 Å². The van der Waals surface area contributed by atoms with E-state index in [0.29, 0.717) is 15.7 Å². The topological polar surface area (TPSA) is 76.3 Å². The number of nitrogens with zero attached hydrogens (tertiary/aromatic N) is 3. The van der Waals surface area contributed by atoms with Gasteiger partial charge in [-0.3, -0.25) is 19.8 Å². The number of nitro benzene ring substituents is 1. The van der Waals surface area contributed by atoms with Crippen LogP contribution >= 0.6 is 22.9 Å². The number of amides is 1. The molecular weight excluding hydrogens is 422 g/mol. The standard InChI is InChI=1S/C22H16ClN3O3S/c1-14-17(8-5-9-19(14)26(28)29)21(27)25(13-15-6-3-2-4-7-15)22-24-18-11-10-16(23)12-20(18)30-22/h2-12H,13H2,1H3. The highest BCUT2D eigenvalue weighted by molar-refractivity contribution is 7.22. The minimum Gasteiger partial charge on any atom is -0.279 e. The molecule has 0 N–H and O–H groups in total. The number of hydrogen-bond donors (Lipinski definition) is 0. The quantitative estimate of drug-likeness (QED) is 0.283. The Hall–Kier alpha value is -3.29. The first-order valence-corrected chi connectivity index (χ1v) is 10.3. The zero-order valence-corrected chi connectivity index (χ0v) is 17.5. The van der Waals surface area contributed by atoms with Crippen LogP contribution in [-0.4, -0.2) is 15.8 Å². The van der Waals surface area contributed by atoms with Crippen molar-refractivity contribution in [2.24, 2.45) is 0 Å². The Labute approximate surface area is 181 Å². The van der Waals surface area contributed by atoms with Gasteiger partial charge in [0.15, 0.2) is 5.13 Å². The van der Waals surface area contributed by atoms with Gasteiger partial charge in [0.05, 0.1) is 21.7 Å². The summed E-state index contributed by atoms with van der Waals surface area (Å²) in [6, 6.07) is 19.4. The maximum absolute atomic E-state index is 13.5. The molecule has 0 bridgehead atoms. The number of thiazole rings is 1. The maximum Gasteiger partial charge on any atom is 0.273 e. The third-order valence-electron chi connectivity index (χ3n) is 4.73. The number of aromatic nitrogens is 1. The predicted molar refractivity (Wildman–Crippen MR) is 119 cm³/mol. The summed E-state index contributed by atoms with van der Waals surface area (Å²) in [6.07, 6.45) is 0. The number of fused-ring (bicyclic) bond motifs is 1. The highest BCUT2D eigenvalue weighted by Crippen LogP contribution is 2.33. The van der Waals surface area contributed by atoms with Gasteiger partial charge in [0.2, 0.25) is 0 Å². The number of benzene rings is 3. The van der Waals surface area contributed by atoms with E-state index in [2.05, 4.69) is 4.98 Å². The van der Waals surface area contributed by atoms with Gasteiger partial charge in [-0.1, -0.05) is 59.3 Å². The second-order valence-electron chi connectivity index (χ2n) is 6.69. The third kappa shape index (κ3) is 3.90. The first kappa shape index (κ1) is 20.0. The molecule has 1 heterocycles. The molecule has 0 aliphatic heterocycles. The Morgan fingerprint density at radius 2 is 1.90 bits per heavy atom. The maximum atomic E-state index is 13.5. The van der Waals surface area contributed by atoms with Crippen LogP contribution in [0.25, 0.3) is 10.2 Å². The van der Waals surface area contributed by atoms with Crippen LogP contribution in [-0.2, 0) is 6.54 Å². The number of anilines is 1. The molecule has 6 nitrogen and oxygen atoms in total. The molecule has 150 valence electrons. The molecule has 1 amide bonds. The SMILES string of the molecule is Cc1c(C(=O)N(Cc2ccccc2)c2nc3ccc(Cl)cc3s2)cccc1[N+](=O)[O-]. The van der Waals surface area contributed by atoms with Crippen LogP contribution in [0.1, 0.15) is 21.5 Å². The third-order valence-corrected chi connectivity index (χ3v) is 6.01. The van der Waals surface area contributed by atoms with Gasteiger partial charge in [0.25, 0.3) is 11.6 Å². The van der Waals surface area contributed by atoms with Crippen LogP contribution in [0.3, 0.4) is 0 Å². The second kappa shape index (κ2) is 8.22. The Kier molecular flexibility index (Phi) is 5.48. The molecule has 0 radical (unpaired) electrons. The first-order chi connectivity index (χ1) is 14.4. The Balaban J connectivity index is 1.81. The molecule has 4 rings (SSSR count). The van der Waals surface area contributed by atoms with E-state index in [1.165, 1.54) is 23.5 Å². The molecule has 0 aliphatic rings. The normalized spacial score (nSPS) is 10.9. The molecule has 0 saturated carbocycles. The summed E-state index contributed by atoms with van der Waals surface area (Å²) in [6.45, 7) is 1.87. The van der Waals surface area contributed by atoms with Gasteiger partial charge in [0.1, 0.15) is 0 Å². The van der Waals surface area contributed by atoms with Crippen molar-refractivity contribution in [1.29, 1.82) is 0 Å². The fraction of sp³-hybridized carbons (Fsp3) is 0.0909. The number of carbonyl (C=O) groups is 1. The van der Waals surface area contributed by atoms with Crippen molar-refractivity contribution >= 4 is 49.9 Å². The van der Waals surface area contributed by atoms with E-state index in [0.717, 1.165) is 15.8 Å². The summed E-state index contributed by atoms with van der Waals surface area (Å²) >= 11 is 7.45. The van der Waals surface area contributed by atoms with Crippen LogP contribution in [0.5, 0.6) is 0 Å². The average Bonchev–Trinajstić information content (AvgIpc) is 3.15. The summed E-state index contributed by atoms with van der Waals surface area (Å²) in [5.74, 6) is -0.342. The highest BCUT2D eigenvalue weighted by Gasteiger charge is 2.26. The van der Waals surface area contributed by atoms with E-state index in [9.17, 15) is 14.9 Å². The lowest BCUT2D eigenvalue weighted by atomic mass is 10.1. The smallest absolute Gasteiger partial charge is 0.273 e. The lowest BCUT2D eigenvalue weighted by molar-refractivity contribution is -0.385. The number of rotatable bonds is 5. The molecular formula is C22H16ClN3O3S. The molecule has 4 aromatic rings. The lowest BCUT2D eigenvalue weighted by Crippen LogP contribution is -2.31. The fourth-order valence-electron chi connectivity index (χ4n) is 3.19. The van der Waals surface area contributed by atoms with Crippen LogP contribution in [0.15, 0.2) is 66.7 Å². The Bertz CT molecular complexity index is 1260. The number of hydrogen-bond acceptors (Lipinski definition) is 5. The minimum atomic E-state index is -0.479. The number of halogens is 1. The van der Waals surface area contributed by atoms with E-state index < -0.39 is 4.92 Å². The second-order valence-corrected chi connectivity index (χ2v) is 8.14. The van der Waals surface area contributed by atoms with Crippen LogP contribution in [0.2, 0.25) is 5.02 Å². The number of carbonyl (C=O) groups excluding carboxylic acids is 1. The predicted octanol–water partition coefficient (Wildman–Crippen LogP) is 6.01. The fourth-order valence-corrected chi connectivity index (χ4v) is 4.43. The summed E-state index contributed by atoms with van der Waals surface area (Å²) in [5, 5.41) is 12.4. The van der Waals surface area contributed by atoms with Gasteiger partial charge in [-0.15, -0.1) is 0 Å². The van der Waals surface area contributed by atoms with Gasteiger partial charge < -0.3 is 0 Å². The minimum absolute atomic E-state index is 0.0865. The van der Waals surface area contributed by atoms with Crippen LogP contribution in [0.4, 0.5) is 10.8 Å². The largest absolute Gasteiger partial charge is 0.279 e. The van der Waals surface area contributed by atoms with E-state index in [-0.39, 0.29) is 23.7 Å². The van der Waals surface area contributed by atoms with Gasteiger partial charge >= 0.3 is 0 Å². The monoisotopic (exact) mass is 437 g/mol. The molecule has 0 fully saturated rings. The van der Waals surface area contributed by atoms with Crippen molar-refractivity contribution in [1.82, 2.24) is 4.98 Å². The molecule has 3 aromatic carbocycles. The van der Waals surface area contributed by atoms with E-state index in [1.54, 1.807) is 30.0 Å². The van der Waals surface area contributed by atoms with Gasteiger partial charge in [0, 0.05) is 22.2 Å². The molecule has 0 unspecified atom stereocenters. The molecule has 0 saturated heterocycles. The van der Waals surface area contributed by atoms with Crippen molar-refractivity contribution in [2.75, 3.05) is 4.90 Å². The molecule has 30 heavy (non-hydrogen) atoms. The van der Waals surface area contributed by atoms with Crippen molar-refractivity contribution in [3.63, 3.8) is 0 Å². The molecule has 0 atom stereocenters. The Morgan fingerprint density at radius 1 is 1.13 bits per heavy atom. The van der Waals surface area contributed by atoms with Crippen molar-refractivity contribution in [3.8, 4) is 0 Å². The van der Waals surface area contributed by atoms with E-state index in [1.807, 2.05) is 36.4 Å². The molecule has 0 spiro atoms. The zero-order chi connectivity index (χ0) is 21.3. The summed E-state index contributed by atoms with van der Waals surface area (Å²) in [7, 11) is 0. The van der Waals surface area contributed by atoms with E-state index >= 15 is 0 Å². The van der Waals surface area contributed by atoms with Gasteiger partial charge in [-0.2, -0.15) is 0 Å². The zero-order valence-electron chi connectivity index (χ0n) is 15.9. The average molecular weight is 438 g/mol. The number of nitro groups is 1. The van der Waals surface area contributed by atoms with Crippen LogP contribution in [0, 0.1) is 17.0 Å². The molecule has 0 aliphatic carbocycles. The van der Waals surface area contributed by atoms with Crippen molar-refractivity contribution < 1.29 is 9.72 Å². The van der Waals surface area contributed by atoms with Gasteiger partial charge in [-0.25, -0.2) is 4.98 Å². The summed E-state index contributed by atoms with van der Waals surface area (Å²) in [5.41, 5.74) is 2.18. The molecule has 1 aromatic heterocycles. The summed E-state index contributed by atoms with van der Waals surface area (Å²) < 4.78 is 0.860. The Morgan fingerprint density at radius 3 is 2.63 bits per heavy atom. The van der Waals surface area contributed by atoms with Gasteiger partial charge in [-0.05, 0) is 36.8 Å². The highest BCUT2D eigenvalue weighted by atomic mass is 35.5.